The van der Waals surface area contributed by atoms with Crippen LogP contribution in [0.15, 0.2) is 36.8 Å². The molecule has 0 saturated carbocycles. The Hall–Kier alpha value is -8.35. The number of phenolic OH excluding ortho intramolecular Hbond substituents is 1. The topological polar surface area (TPSA) is 498 Å². The Bertz CT molecular complexity index is 2440. The van der Waals surface area contributed by atoms with Gasteiger partial charge in [-0.3, -0.25) is 62.3 Å². The van der Waals surface area contributed by atoms with Crippen LogP contribution in [0.4, 0.5) is 0 Å². The number of benzene rings is 1. The minimum absolute atomic E-state index is 0.00579. The number of nitrogens with two attached hydrogens (primary N) is 3. The smallest absolute Gasteiger partial charge is 0.322 e. The number of imidazole rings is 1. The van der Waals surface area contributed by atoms with Crippen molar-refractivity contribution in [3.8, 4) is 5.75 Å². The summed E-state index contributed by atoms with van der Waals surface area (Å²) in [7, 11) is 0. The van der Waals surface area contributed by atoms with Crippen LogP contribution >= 0.6 is 12.6 Å². The Labute approximate surface area is 446 Å². The molecule has 11 amide bonds. The highest BCUT2D eigenvalue weighted by molar-refractivity contribution is 7.80. The molecule has 2 rings (SSSR count). The van der Waals surface area contributed by atoms with Gasteiger partial charge in [0.25, 0.3) is 0 Å². The van der Waals surface area contributed by atoms with Crippen molar-refractivity contribution >= 4 is 89.5 Å². The molecule has 1 aromatic carbocycles. The molecule has 0 spiro atoms. The zero-order chi connectivity index (χ0) is 58.3. The first-order chi connectivity index (χ1) is 36.0. The van der Waals surface area contributed by atoms with Crippen molar-refractivity contribution < 1.29 is 77.6 Å². The number of rotatable bonds is 33. The molecule has 1 aromatic heterocycles. The lowest BCUT2D eigenvalue weighted by Crippen LogP contribution is -2.61. The van der Waals surface area contributed by atoms with Gasteiger partial charge in [0.05, 0.1) is 25.2 Å². The molecule has 0 bridgehead atoms. The number of carboxylic acid groups (broad SMARTS) is 2. The lowest BCUT2D eigenvalue weighted by molar-refractivity contribution is -0.139. The number of hydrogen-bond donors (Lipinski definition) is 17. The summed E-state index contributed by atoms with van der Waals surface area (Å²) < 4.78 is 0. The molecule has 0 saturated heterocycles. The van der Waals surface area contributed by atoms with Crippen molar-refractivity contribution in [2.45, 2.75) is 128 Å². The summed E-state index contributed by atoms with van der Waals surface area (Å²) in [4.78, 5) is 175. The SMILES string of the molecule is CC(C)[C@H](NC(=O)[C@H](CC(N)=O)NC(=O)[C@H](CC(N)=O)NC(=O)[C@H](Cc1cnc[nH]1)NC(=O)[C@H](C)NC(=O)[C@H](CCC(=O)O)NC(=O)[C@H](CS)NC(=O)[C@@H](NC(=O)[C@@H](N)Cc1ccc(O)cc1)C(C)C)C(=O)NCC(=O)O. The number of H-pyrrole nitrogens is 1. The monoisotopic (exact) mass is 1100 g/mol. The number of nitrogens with zero attached hydrogens (tertiary/aromatic N) is 1. The van der Waals surface area contributed by atoms with Gasteiger partial charge in [-0.05, 0) is 49.3 Å². The molecule has 77 heavy (non-hydrogen) atoms. The van der Waals surface area contributed by atoms with Crippen LogP contribution in [0, 0.1) is 11.8 Å². The molecule has 0 fully saturated rings. The largest absolute Gasteiger partial charge is 0.508 e. The maximum atomic E-state index is 13.9. The van der Waals surface area contributed by atoms with Crippen LogP contribution in [-0.4, -0.2) is 169 Å². The highest BCUT2D eigenvalue weighted by Gasteiger charge is 2.36. The van der Waals surface area contributed by atoms with Gasteiger partial charge >= 0.3 is 11.9 Å². The number of primary amides is 2. The summed E-state index contributed by atoms with van der Waals surface area (Å²) in [5, 5.41) is 48.9. The number of aliphatic carboxylic acids is 2. The molecule has 0 unspecified atom stereocenters. The van der Waals surface area contributed by atoms with Crippen LogP contribution in [0.3, 0.4) is 0 Å². The highest BCUT2D eigenvalue weighted by Crippen LogP contribution is 2.13. The van der Waals surface area contributed by atoms with Crippen molar-refractivity contribution in [2.24, 2.45) is 29.0 Å². The van der Waals surface area contributed by atoms with Gasteiger partial charge in [0.2, 0.25) is 65.0 Å². The third-order valence-corrected chi connectivity index (χ3v) is 11.5. The van der Waals surface area contributed by atoms with Gasteiger partial charge in [-0.15, -0.1) is 0 Å². The Morgan fingerprint density at radius 1 is 0.571 bits per heavy atom. The van der Waals surface area contributed by atoms with Crippen molar-refractivity contribution in [1.82, 2.24) is 57.8 Å². The van der Waals surface area contributed by atoms with Gasteiger partial charge in [0, 0.05) is 30.5 Å². The summed E-state index contributed by atoms with van der Waals surface area (Å²) >= 11 is 4.16. The molecule has 424 valence electrons. The molecule has 31 heteroatoms. The zero-order valence-corrected chi connectivity index (χ0v) is 43.6. The van der Waals surface area contributed by atoms with Gasteiger partial charge < -0.3 is 85.4 Å². The van der Waals surface area contributed by atoms with Gasteiger partial charge in [0.15, 0.2) is 0 Å². The molecular weight excluding hydrogens is 1040 g/mol. The molecule has 0 radical (unpaired) electrons. The number of aromatic hydroxyl groups is 1. The van der Waals surface area contributed by atoms with Gasteiger partial charge in [-0.25, -0.2) is 4.98 Å². The molecule has 2 aromatic rings. The zero-order valence-electron chi connectivity index (χ0n) is 42.7. The number of thiol groups is 1. The third-order valence-electron chi connectivity index (χ3n) is 11.2. The summed E-state index contributed by atoms with van der Waals surface area (Å²) in [6.07, 6.45) is -0.806. The molecule has 1 heterocycles. The van der Waals surface area contributed by atoms with Gasteiger partial charge in [0.1, 0.15) is 60.6 Å². The third kappa shape index (κ3) is 23.0. The predicted molar refractivity (Wildman–Crippen MR) is 272 cm³/mol. The maximum absolute atomic E-state index is 13.9. The molecule has 0 aliphatic carbocycles. The van der Waals surface area contributed by atoms with Gasteiger partial charge in [-0.2, -0.15) is 12.6 Å². The lowest BCUT2D eigenvalue weighted by Gasteiger charge is -2.27. The van der Waals surface area contributed by atoms with Crippen LogP contribution in [-0.2, 0) is 75.2 Å². The van der Waals surface area contributed by atoms with E-state index in [0.717, 1.165) is 6.92 Å². The van der Waals surface area contributed by atoms with Crippen molar-refractivity contribution in [3.05, 3.63) is 48.0 Å². The number of carbonyl (C=O) groups is 13. The Morgan fingerprint density at radius 3 is 1.53 bits per heavy atom. The van der Waals surface area contributed by atoms with E-state index in [1.165, 1.54) is 38.5 Å². The standard InChI is InChI=1S/C46H68N14O16S/c1-20(2)36(45(75)51-17-35(66)67)60-43(73)30(15-33(49)63)57-42(72)29(14-32(48)62)56-41(71)28(13-24-16-50-19-52-24)55-38(68)22(5)53-40(70)27(10-11-34(64)65)54-44(74)31(18-77)58-46(76)37(21(3)4)59-39(69)26(47)12-23-6-8-25(61)9-7-23/h6-9,16,19-22,26-31,36-37,61,77H,10-15,17-18,47H2,1-5H3,(H2,48,62)(H2,49,63)(H,50,52)(H,51,75)(H,53,70)(H,54,74)(H,55,68)(H,56,71)(H,57,72)(H,58,76)(H,59,69)(H,60,73)(H,64,65)(H,66,67)/t22-,26-,27-,28-,29-,30-,31-,36-,37-/m0/s1. The fourth-order valence-electron chi connectivity index (χ4n) is 6.97. The summed E-state index contributed by atoms with van der Waals surface area (Å²) in [6.45, 7) is 6.59. The maximum Gasteiger partial charge on any atom is 0.322 e. The number of aromatic amines is 1. The van der Waals surface area contributed by atoms with E-state index in [4.69, 9.17) is 22.3 Å². The van der Waals surface area contributed by atoms with Crippen LogP contribution in [0.5, 0.6) is 5.75 Å². The van der Waals surface area contributed by atoms with Crippen LogP contribution < -0.4 is 65.1 Å². The summed E-state index contributed by atoms with van der Waals surface area (Å²) in [5.41, 5.74) is 17.7. The second kappa shape index (κ2) is 31.5. The normalized spacial score (nSPS) is 14.5. The molecule has 19 N–H and O–H groups in total. The molecular formula is C46H68N14O16S. The number of nitrogens with one attached hydrogen (secondary N) is 10. The molecule has 0 aliphatic heterocycles. The fraction of sp³-hybridized carbons (Fsp3) is 0.522. The molecule has 0 aliphatic rings. The van der Waals surface area contributed by atoms with Crippen molar-refractivity contribution in [3.63, 3.8) is 0 Å². The number of carbonyl (C=O) groups excluding carboxylic acids is 11. The Balaban J connectivity index is 2.29. The van der Waals surface area contributed by atoms with E-state index in [-0.39, 0.29) is 30.0 Å². The minimum atomic E-state index is -1.90. The van der Waals surface area contributed by atoms with Crippen molar-refractivity contribution in [2.75, 3.05) is 12.3 Å². The van der Waals surface area contributed by atoms with Crippen LogP contribution in [0.2, 0.25) is 0 Å². The van der Waals surface area contributed by atoms with Gasteiger partial charge in [-0.1, -0.05) is 39.8 Å². The van der Waals surface area contributed by atoms with E-state index in [1.807, 2.05) is 0 Å². The first-order valence-electron chi connectivity index (χ1n) is 23.9. The fourth-order valence-corrected chi connectivity index (χ4v) is 7.22. The van der Waals surface area contributed by atoms with Crippen LogP contribution in [0.1, 0.15) is 71.6 Å². The van der Waals surface area contributed by atoms with E-state index in [0.29, 0.717) is 5.56 Å². The number of carboxylic acids is 2. The second-order valence-electron chi connectivity index (χ2n) is 18.3. The first kappa shape index (κ1) is 64.8. The second-order valence-corrected chi connectivity index (χ2v) is 18.7. The number of amides is 11. The average molecular weight is 1110 g/mol. The average Bonchev–Trinajstić information content (AvgIpc) is 3.86. The van der Waals surface area contributed by atoms with Crippen molar-refractivity contribution in [1.29, 1.82) is 0 Å². The highest BCUT2D eigenvalue weighted by atomic mass is 32.1. The number of hydrogen-bond acceptors (Lipinski definition) is 17. The predicted octanol–water partition coefficient (Wildman–Crippen LogP) is -5.82. The van der Waals surface area contributed by atoms with E-state index in [1.54, 1.807) is 26.0 Å². The van der Waals surface area contributed by atoms with E-state index in [9.17, 15) is 72.5 Å². The van der Waals surface area contributed by atoms with E-state index in [2.05, 4.69) is 70.4 Å². The Morgan fingerprint density at radius 2 is 1.04 bits per heavy atom. The summed E-state index contributed by atoms with van der Waals surface area (Å²) in [6, 6.07) is -7.82. The molecule has 9 atom stereocenters. The van der Waals surface area contributed by atoms with E-state index < -0.39 is 175 Å². The molecule has 30 nitrogen and oxygen atoms in total. The number of phenols is 1. The van der Waals surface area contributed by atoms with E-state index >= 15 is 0 Å². The quantitative estimate of drug-likeness (QED) is 0.0296. The minimum Gasteiger partial charge on any atom is -0.508 e. The lowest BCUT2D eigenvalue weighted by atomic mass is 10.0. The summed E-state index contributed by atoms with van der Waals surface area (Å²) in [5.74, 6) is -15.8. The Kier molecular flexibility index (Phi) is 26.5. The number of aromatic nitrogens is 2. The van der Waals surface area contributed by atoms with Crippen LogP contribution in [0.25, 0.3) is 0 Å². The first-order valence-corrected chi connectivity index (χ1v) is 24.5.